The van der Waals surface area contributed by atoms with E-state index in [1.165, 1.54) is 14.1 Å². The maximum absolute atomic E-state index is 11.7. The highest BCUT2D eigenvalue weighted by molar-refractivity contribution is 5.84. The Balaban J connectivity index is 0.00000191. The molecule has 1 aromatic rings. The van der Waals surface area contributed by atoms with Crippen LogP contribution in [-0.4, -0.2) is 26.0 Å². The molecule has 0 aliphatic carbocycles. The molecule has 0 aliphatic heterocycles. The number of carbonyl (C=O) groups excluding carboxylic acids is 2. The van der Waals surface area contributed by atoms with Gasteiger partial charge < -0.3 is 21.0 Å². The van der Waals surface area contributed by atoms with Crippen LogP contribution in [0.3, 0.4) is 0 Å². The van der Waals surface area contributed by atoms with Crippen LogP contribution in [0.4, 0.5) is 0 Å². The van der Waals surface area contributed by atoms with E-state index in [4.69, 9.17) is 0 Å². The molecule has 0 aliphatic rings. The van der Waals surface area contributed by atoms with Gasteiger partial charge in [0.1, 0.15) is 0 Å². The van der Waals surface area contributed by atoms with Crippen LogP contribution < -0.4 is 16.2 Å². The molecule has 5 nitrogen and oxygen atoms in total. The summed E-state index contributed by atoms with van der Waals surface area (Å²) in [6, 6.07) is 9.40. The molecule has 0 spiro atoms. The quantitative estimate of drug-likeness (QED) is 0.798. The molecule has 3 atom stereocenters. The smallest absolute Gasteiger partial charge is 0.223 e. The Kier molecular flexibility index (Phi) is 9.05. The first-order valence-corrected chi connectivity index (χ1v) is 7.08. The Hall–Kier alpha value is -1.88. The van der Waals surface area contributed by atoms with Gasteiger partial charge in [0, 0.05) is 24.9 Å². The Morgan fingerprint density at radius 1 is 1.24 bits per heavy atom. The Morgan fingerprint density at radius 2 is 1.76 bits per heavy atom. The largest absolute Gasteiger partial charge is 0.550 e. The number of hydrogen-bond donors (Lipinski definition) is 2. The highest BCUT2D eigenvalue weighted by Crippen LogP contribution is 2.33. The van der Waals surface area contributed by atoms with Crippen molar-refractivity contribution in [2.45, 2.75) is 26.2 Å². The summed E-state index contributed by atoms with van der Waals surface area (Å²) in [7, 11) is 3.01. The third kappa shape index (κ3) is 5.19. The maximum atomic E-state index is 11.7. The van der Waals surface area contributed by atoms with E-state index in [2.05, 4.69) is 11.1 Å². The van der Waals surface area contributed by atoms with Crippen LogP contribution in [-0.2, 0) is 9.59 Å². The number of nitrogens with two attached hydrogens (primary N) is 1. The number of carbonyl (C=O) groups is 2. The summed E-state index contributed by atoms with van der Waals surface area (Å²) in [5.74, 6) is -3.12. The molecule has 118 valence electrons. The molecule has 0 saturated heterocycles. The average molecular weight is 293 g/mol. The van der Waals surface area contributed by atoms with Crippen LogP contribution in [0.5, 0.6) is 0 Å². The van der Waals surface area contributed by atoms with Crippen molar-refractivity contribution < 1.29 is 14.7 Å². The van der Waals surface area contributed by atoms with Crippen molar-refractivity contribution >= 4 is 11.9 Å². The standard InChI is InChI=1S/C15H21NO3.CH5N/c1-4-12(11-8-6-5-7-9-11)13(15(18)19)10(2)14(17)16-3;1-2/h5-10,12-13H,4H2,1-3H3,(H,16,17)(H,18,19);2H2,1H3/p-1. The number of carboxylic acid groups (broad SMARTS) is 1. The second-order valence-electron chi connectivity index (χ2n) is 4.67. The molecular formula is C16H25N2O3-. The number of hydrogen-bond acceptors (Lipinski definition) is 4. The SMILES string of the molecule is CCC(c1ccccc1)C(C(=O)[O-])C(C)C(=O)NC.CN. The Labute approximate surface area is 126 Å². The molecule has 0 heterocycles. The van der Waals surface area contributed by atoms with Crippen molar-refractivity contribution in [1.82, 2.24) is 5.32 Å². The minimum atomic E-state index is -1.17. The van der Waals surface area contributed by atoms with Gasteiger partial charge in [0.2, 0.25) is 5.91 Å². The summed E-state index contributed by atoms with van der Waals surface area (Å²) in [6.07, 6.45) is 0.643. The highest BCUT2D eigenvalue weighted by atomic mass is 16.4. The molecular weight excluding hydrogens is 268 g/mol. The zero-order chi connectivity index (χ0) is 16.4. The Bertz CT molecular complexity index is 434. The molecule has 1 rings (SSSR count). The van der Waals surface area contributed by atoms with Crippen molar-refractivity contribution in [3.8, 4) is 0 Å². The van der Waals surface area contributed by atoms with Gasteiger partial charge in [0.15, 0.2) is 0 Å². The molecule has 0 fully saturated rings. The van der Waals surface area contributed by atoms with E-state index in [9.17, 15) is 14.7 Å². The van der Waals surface area contributed by atoms with E-state index in [0.29, 0.717) is 6.42 Å². The third-order valence-corrected chi connectivity index (χ3v) is 3.57. The number of amides is 1. The van der Waals surface area contributed by atoms with E-state index < -0.39 is 17.8 Å². The zero-order valence-corrected chi connectivity index (χ0v) is 13.1. The van der Waals surface area contributed by atoms with E-state index in [1.54, 1.807) is 6.92 Å². The van der Waals surface area contributed by atoms with Crippen LogP contribution in [0, 0.1) is 11.8 Å². The molecule has 5 heteroatoms. The highest BCUT2D eigenvalue weighted by Gasteiger charge is 2.31. The zero-order valence-electron chi connectivity index (χ0n) is 13.1. The lowest BCUT2D eigenvalue weighted by Gasteiger charge is -2.31. The molecule has 3 N–H and O–H groups in total. The van der Waals surface area contributed by atoms with Crippen LogP contribution in [0.2, 0.25) is 0 Å². The van der Waals surface area contributed by atoms with Gasteiger partial charge in [-0.3, -0.25) is 4.79 Å². The van der Waals surface area contributed by atoms with Crippen LogP contribution in [0.1, 0.15) is 31.7 Å². The minimum Gasteiger partial charge on any atom is -0.550 e. The lowest BCUT2D eigenvalue weighted by Crippen LogP contribution is -2.43. The first-order chi connectivity index (χ1) is 10.0. The molecule has 1 aromatic carbocycles. The second-order valence-corrected chi connectivity index (χ2v) is 4.67. The molecule has 0 bridgehead atoms. The van der Waals surface area contributed by atoms with Crippen LogP contribution in [0.25, 0.3) is 0 Å². The summed E-state index contributed by atoms with van der Waals surface area (Å²) in [5.41, 5.74) is 5.43. The van der Waals surface area contributed by atoms with Crippen molar-refractivity contribution in [3.63, 3.8) is 0 Å². The van der Waals surface area contributed by atoms with Crippen molar-refractivity contribution in [3.05, 3.63) is 35.9 Å². The van der Waals surface area contributed by atoms with Gasteiger partial charge in [-0.1, -0.05) is 44.2 Å². The Morgan fingerprint density at radius 3 is 2.14 bits per heavy atom. The fourth-order valence-electron chi connectivity index (χ4n) is 2.50. The molecule has 3 unspecified atom stereocenters. The second kappa shape index (κ2) is 9.94. The summed E-state index contributed by atoms with van der Waals surface area (Å²) < 4.78 is 0. The van der Waals surface area contributed by atoms with Crippen molar-refractivity contribution in [1.29, 1.82) is 0 Å². The predicted molar refractivity (Wildman–Crippen MR) is 81.3 cm³/mol. The number of aliphatic carboxylic acids is 1. The van der Waals surface area contributed by atoms with Gasteiger partial charge in [0.05, 0.1) is 0 Å². The number of nitrogens with one attached hydrogen (secondary N) is 1. The summed E-state index contributed by atoms with van der Waals surface area (Å²) in [4.78, 5) is 23.2. The van der Waals surface area contributed by atoms with E-state index >= 15 is 0 Å². The number of carboxylic acids is 1. The lowest BCUT2D eigenvalue weighted by molar-refractivity contribution is -0.313. The van der Waals surface area contributed by atoms with Gasteiger partial charge >= 0.3 is 0 Å². The fourth-order valence-corrected chi connectivity index (χ4v) is 2.50. The van der Waals surface area contributed by atoms with Gasteiger partial charge in [-0.15, -0.1) is 0 Å². The molecule has 21 heavy (non-hydrogen) atoms. The fraction of sp³-hybridized carbons (Fsp3) is 0.500. The van der Waals surface area contributed by atoms with Crippen LogP contribution in [0.15, 0.2) is 30.3 Å². The number of benzene rings is 1. The third-order valence-electron chi connectivity index (χ3n) is 3.57. The van der Waals surface area contributed by atoms with Crippen molar-refractivity contribution in [2.75, 3.05) is 14.1 Å². The predicted octanol–water partition coefficient (Wildman–Crippen LogP) is 0.503. The van der Waals surface area contributed by atoms with E-state index in [-0.39, 0.29) is 11.8 Å². The van der Waals surface area contributed by atoms with Gasteiger partial charge in [-0.2, -0.15) is 0 Å². The molecule has 0 radical (unpaired) electrons. The van der Waals surface area contributed by atoms with E-state index in [0.717, 1.165) is 5.56 Å². The molecule has 0 aromatic heterocycles. The summed E-state index contributed by atoms with van der Waals surface area (Å²) in [6.45, 7) is 3.55. The number of rotatable bonds is 6. The average Bonchev–Trinajstić information content (AvgIpc) is 2.53. The minimum absolute atomic E-state index is 0.224. The maximum Gasteiger partial charge on any atom is 0.223 e. The van der Waals surface area contributed by atoms with Gasteiger partial charge in [-0.05, 0) is 24.9 Å². The first-order valence-electron chi connectivity index (χ1n) is 7.08. The first kappa shape index (κ1) is 19.1. The van der Waals surface area contributed by atoms with Crippen molar-refractivity contribution in [2.24, 2.45) is 17.6 Å². The van der Waals surface area contributed by atoms with Gasteiger partial charge in [-0.25, -0.2) is 0 Å². The summed E-state index contributed by atoms with van der Waals surface area (Å²) >= 11 is 0. The van der Waals surface area contributed by atoms with Crippen LogP contribution >= 0.6 is 0 Å². The van der Waals surface area contributed by atoms with E-state index in [1.807, 2.05) is 37.3 Å². The molecule has 0 saturated carbocycles. The molecule has 1 amide bonds. The van der Waals surface area contributed by atoms with Gasteiger partial charge in [0.25, 0.3) is 0 Å². The topological polar surface area (TPSA) is 95.2 Å². The normalized spacial score (nSPS) is 14.1. The summed E-state index contributed by atoms with van der Waals surface area (Å²) in [5, 5.41) is 13.9. The monoisotopic (exact) mass is 293 g/mol. The lowest BCUT2D eigenvalue weighted by atomic mass is 9.77.